The zero-order chi connectivity index (χ0) is 12.4. The Morgan fingerprint density at radius 1 is 1.65 bits per heavy atom. The number of aryl methyl sites for hydroxylation is 2. The Balaban J connectivity index is 2.17. The van der Waals surface area contributed by atoms with Crippen LogP contribution in [0.4, 0.5) is 11.5 Å². The minimum absolute atomic E-state index is 0.201. The quantitative estimate of drug-likeness (QED) is 0.721. The number of aromatic amines is 1. The highest BCUT2D eigenvalue weighted by Crippen LogP contribution is 2.15. The smallest absolute Gasteiger partial charge is 0.279 e. The summed E-state index contributed by atoms with van der Waals surface area (Å²) in [5.41, 5.74) is 7.14. The molecule has 7 heteroatoms. The maximum atomic E-state index is 11.9. The van der Waals surface area contributed by atoms with Gasteiger partial charge in [-0.2, -0.15) is 10.2 Å². The summed E-state index contributed by atoms with van der Waals surface area (Å²) in [5.74, 6) is 0.107. The van der Waals surface area contributed by atoms with Gasteiger partial charge in [0.05, 0.1) is 11.4 Å². The van der Waals surface area contributed by atoms with Crippen LogP contribution in [0.2, 0.25) is 0 Å². The third kappa shape index (κ3) is 2.12. The molecule has 90 valence electrons. The molecule has 2 rings (SSSR count). The van der Waals surface area contributed by atoms with Crippen LogP contribution in [0.3, 0.4) is 0 Å². The number of nitrogens with one attached hydrogen (secondary N) is 2. The van der Waals surface area contributed by atoms with Gasteiger partial charge in [-0.1, -0.05) is 6.92 Å². The monoisotopic (exact) mass is 234 g/mol. The molecular formula is C10H14N6O. The number of rotatable bonds is 3. The minimum Gasteiger partial charge on any atom is -0.395 e. The maximum absolute atomic E-state index is 11.9. The number of carbonyl (C=O) groups is 1. The van der Waals surface area contributed by atoms with Crippen LogP contribution in [0.25, 0.3) is 0 Å². The predicted molar refractivity (Wildman–Crippen MR) is 63.5 cm³/mol. The Morgan fingerprint density at radius 2 is 2.41 bits per heavy atom. The van der Waals surface area contributed by atoms with Crippen molar-refractivity contribution in [3.8, 4) is 0 Å². The lowest BCUT2D eigenvalue weighted by Gasteiger charge is -1.99. The van der Waals surface area contributed by atoms with Crippen molar-refractivity contribution in [1.29, 1.82) is 0 Å². The first-order valence-electron chi connectivity index (χ1n) is 5.25. The number of anilines is 2. The third-order valence-corrected chi connectivity index (χ3v) is 2.41. The molecule has 17 heavy (non-hydrogen) atoms. The fourth-order valence-corrected chi connectivity index (χ4v) is 1.49. The first-order chi connectivity index (χ1) is 8.11. The molecule has 0 spiro atoms. The second-order valence-corrected chi connectivity index (χ2v) is 3.65. The van der Waals surface area contributed by atoms with Crippen molar-refractivity contribution in [2.24, 2.45) is 7.05 Å². The summed E-state index contributed by atoms with van der Waals surface area (Å²) in [6.07, 6.45) is 2.44. The van der Waals surface area contributed by atoms with E-state index in [2.05, 4.69) is 20.6 Å². The van der Waals surface area contributed by atoms with Gasteiger partial charge in [-0.15, -0.1) is 0 Å². The van der Waals surface area contributed by atoms with Crippen LogP contribution in [-0.2, 0) is 13.5 Å². The molecular weight excluding hydrogens is 220 g/mol. The van der Waals surface area contributed by atoms with Crippen molar-refractivity contribution < 1.29 is 4.79 Å². The summed E-state index contributed by atoms with van der Waals surface area (Å²) in [4.78, 5) is 11.9. The van der Waals surface area contributed by atoms with Crippen LogP contribution in [-0.4, -0.2) is 25.9 Å². The highest BCUT2D eigenvalue weighted by atomic mass is 16.2. The molecule has 0 aromatic carbocycles. The summed E-state index contributed by atoms with van der Waals surface area (Å²) in [7, 11) is 1.77. The van der Waals surface area contributed by atoms with Gasteiger partial charge in [-0.05, 0) is 6.42 Å². The molecule has 0 aliphatic heterocycles. The first kappa shape index (κ1) is 11.2. The topological polar surface area (TPSA) is 102 Å². The maximum Gasteiger partial charge on any atom is 0.279 e. The van der Waals surface area contributed by atoms with E-state index in [1.54, 1.807) is 24.0 Å². The number of amides is 1. The number of hydrogen-bond donors (Lipinski definition) is 3. The predicted octanol–water partition coefficient (Wildman–Crippen LogP) is 0.540. The lowest BCUT2D eigenvalue weighted by molar-refractivity contribution is 0.102. The van der Waals surface area contributed by atoms with E-state index < -0.39 is 0 Å². The first-order valence-corrected chi connectivity index (χ1v) is 5.25. The Bertz CT molecular complexity index is 541. The standard InChI is InChI=1S/C10H14N6O/c1-3-6-8(11)9(14-13-6)10(17)12-7-4-5-16(2)15-7/h4-5H,3,11H2,1-2H3,(H,13,14)(H,12,15,17). The summed E-state index contributed by atoms with van der Waals surface area (Å²) in [5, 5.41) is 13.3. The molecule has 0 aliphatic carbocycles. The van der Waals surface area contributed by atoms with Crippen LogP contribution in [0.5, 0.6) is 0 Å². The zero-order valence-electron chi connectivity index (χ0n) is 9.69. The average molecular weight is 234 g/mol. The zero-order valence-corrected chi connectivity index (χ0v) is 9.69. The van der Waals surface area contributed by atoms with Crippen molar-refractivity contribution in [1.82, 2.24) is 20.0 Å². The minimum atomic E-state index is -0.364. The fourth-order valence-electron chi connectivity index (χ4n) is 1.49. The van der Waals surface area contributed by atoms with E-state index >= 15 is 0 Å². The third-order valence-electron chi connectivity index (χ3n) is 2.41. The van der Waals surface area contributed by atoms with E-state index in [9.17, 15) is 4.79 Å². The normalized spacial score (nSPS) is 10.5. The van der Waals surface area contributed by atoms with Gasteiger partial charge in [0.2, 0.25) is 0 Å². The van der Waals surface area contributed by atoms with E-state index in [-0.39, 0.29) is 11.6 Å². The average Bonchev–Trinajstić information content (AvgIpc) is 2.85. The van der Waals surface area contributed by atoms with Crippen molar-refractivity contribution in [2.75, 3.05) is 11.1 Å². The van der Waals surface area contributed by atoms with Crippen LogP contribution >= 0.6 is 0 Å². The number of carbonyl (C=O) groups excluding carboxylic acids is 1. The van der Waals surface area contributed by atoms with Gasteiger partial charge < -0.3 is 11.1 Å². The molecule has 0 atom stereocenters. The molecule has 7 nitrogen and oxygen atoms in total. The molecule has 1 amide bonds. The molecule has 0 saturated carbocycles. The van der Waals surface area contributed by atoms with Gasteiger partial charge in [0.15, 0.2) is 11.5 Å². The SMILES string of the molecule is CCc1[nH]nc(C(=O)Nc2ccn(C)n2)c1N. The molecule has 4 N–H and O–H groups in total. The van der Waals surface area contributed by atoms with E-state index in [1.165, 1.54) is 0 Å². The Hall–Kier alpha value is -2.31. The molecule has 2 aromatic rings. The summed E-state index contributed by atoms with van der Waals surface area (Å²) in [6, 6.07) is 1.70. The highest BCUT2D eigenvalue weighted by molar-refractivity contribution is 6.06. The van der Waals surface area contributed by atoms with Crippen LogP contribution in [0, 0.1) is 0 Å². The van der Waals surface area contributed by atoms with Gasteiger partial charge in [0.25, 0.3) is 5.91 Å². The fraction of sp³-hybridized carbons (Fsp3) is 0.300. The Kier molecular flexibility index (Phi) is 2.82. The van der Waals surface area contributed by atoms with Crippen molar-refractivity contribution in [2.45, 2.75) is 13.3 Å². The molecule has 0 unspecified atom stereocenters. The second kappa shape index (κ2) is 4.28. The van der Waals surface area contributed by atoms with Gasteiger partial charge >= 0.3 is 0 Å². The van der Waals surface area contributed by atoms with E-state index in [1.807, 2.05) is 6.92 Å². The molecule has 0 aliphatic rings. The lowest BCUT2D eigenvalue weighted by atomic mass is 10.2. The molecule has 0 bridgehead atoms. The molecule has 0 fully saturated rings. The Morgan fingerprint density at radius 3 is 2.94 bits per heavy atom. The highest BCUT2D eigenvalue weighted by Gasteiger charge is 2.17. The van der Waals surface area contributed by atoms with E-state index in [4.69, 9.17) is 5.73 Å². The number of nitrogens with zero attached hydrogens (tertiary/aromatic N) is 3. The van der Waals surface area contributed by atoms with Crippen LogP contribution < -0.4 is 11.1 Å². The molecule has 2 heterocycles. The van der Waals surface area contributed by atoms with Crippen molar-refractivity contribution in [3.63, 3.8) is 0 Å². The van der Waals surface area contributed by atoms with Gasteiger partial charge in [-0.25, -0.2) is 0 Å². The summed E-state index contributed by atoms with van der Waals surface area (Å²) < 4.78 is 1.60. The van der Waals surface area contributed by atoms with E-state index in [0.29, 0.717) is 17.9 Å². The van der Waals surface area contributed by atoms with Crippen molar-refractivity contribution in [3.05, 3.63) is 23.7 Å². The lowest BCUT2D eigenvalue weighted by Crippen LogP contribution is -2.14. The largest absolute Gasteiger partial charge is 0.395 e. The molecule has 0 saturated heterocycles. The van der Waals surface area contributed by atoms with E-state index in [0.717, 1.165) is 5.69 Å². The molecule has 2 aromatic heterocycles. The Labute approximate surface area is 98.0 Å². The number of nitrogen functional groups attached to an aromatic ring is 1. The number of H-pyrrole nitrogens is 1. The summed E-state index contributed by atoms with van der Waals surface area (Å²) >= 11 is 0. The van der Waals surface area contributed by atoms with Gasteiger partial charge in [0, 0.05) is 19.3 Å². The number of hydrogen-bond acceptors (Lipinski definition) is 4. The second-order valence-electron chi connectivity index (χ2n) is 3.65. The van der Waals surface area contributed by atoms with Gasteiger partial charge in [-0.3, -0.25) is 14.6 Å². The molecule has 0 radical (unpaired) electrons. The van der Waals surface area contributed by atoms with Crippen molar-refractivity contribution >= 4 is 17.4 Å². The number of aromatic nitrogens is 4. The van der Waals surface area contributed by atoms with Gasteiger partial charge in [0.1, 0.15) is 0 Å². The van der Waals surface area contributed by atoms with Crippen LogP contribution in [0.15, 0.2) is 12.3 Å². The number of nitrogens with two attached hydrogens (primary N) is 1. The summed E-state index contributed by atoms with van der Waals surface area (Å²) in [6.45, 7) is 1.93. The van der Waals surface area contributed by atoms with Crippen LogP contribution in [0.1, 0.15) is 23.1 Å².